The van der Waals surface area contributed by atoms with Crippen LogP contribution < -0.4 is 10.6 Å². The van der Waals surface area contributed by atoms with Gasteiger partial charge in [0.2, 0.25) is 5.96 Å². The van der Waals surface area contributed by atoms with Crippen molar-refractivity contribution in [3.63, 3.8) is 0 Å². The second-order valence-electron chi connectivity index (χ2n) is 8.41. The minimum Gasteiger partial charge on any atom is -0.369 e. The van der Waals surface area contributed by atoms with Gasteiger partial charge in [-0.3, -0.25) is 0 Å². The molecule has 1 aliphatic carbocycles. The summed E-state index contributed by atoms with van der Waals surface area (Å²) in [6.45, 7) is 6.62. The number of anilines is 1. The van der Waals surface area contributed by atoms with Crippen molar-refractivity contribution in [2.45, 2.75) is 39.0 Å². The second kappa shape index (κ2) is 6.41. The first-order valence-electron chi connectivity index (χ1n) is 9.56. The molecule has 0 bridgehead atoms. The van der Waals surface area contributed by atoms with E-state index in [2.05, 4.69) is 63.2 Å². The highest BCUT2D eigenvalue weighted by Gasteiger charge is 2.18. The van der Waals surface area contributed by atoms with Crippen molar-refractivity contribution in [2.75, 3.05) is 11.9 Å². The van der Waals surface area contributed by atoms with Gasteiger partial charge in [-0.25, -0.2) is 4.99 Å². The molecule has 0 amide bonds. The van der Waals surface area contributed by atoms with E-state index in [9.17, 15) is 0 Å². The summed E-state index contributed by atoms with van der Waals surface area (Å²) in [5.41, 5.74) is 12.6. The Kier molecular flexibility index (Phi) is 4.18. The topological polar surface area (TPSA) is 41.6 Å². The van der Waals surface area contributed by atoms with E-state index in [1.807, 2.05) is 24.1 Å². The number of nitrogens with zero attached hydrogens (tertiary/aromatic N) is 2. The lowest BCUT2D eigenvalue weighted by Gasteiger charge is -2.22. The quantitative estimate of drug-likeness (QED) is 0.498. The first kappa shape index (κ1) is 17.6. The minimum atomic E-state index is 0.0872. The molecule has 1 aliphatic rings. The molecule has 27 heavy (non-hydrogen) atoms. The summed E-state index contributed by atoms with van der Waals surface area (Å²) in [7, 11) is 1.99. The molecular weight excluding hydrogens is 330 g/mol. The van der Waals surface area contributed by atoms with E-state index in [4.69, 9.17) is 10.7 Å². The van der Waals surface area contributed by atoms with Gasteiger partial charge >= 0.3 is 0 Å². The average Bonchev–Trinajstić information content (AvgIpc) is 3.06. The summed E-state index contributed by atoms with van der Waals surface area (Å²) in [5.74, 6) is 0.500. The van der Waals surface area contributed by atoms with Gasteiger partial charge in [-0.2, -0.15) is 0 Å². The smallest absolute Gasteiger partial charge is 0.200 e. The lowest BCUT2D eigenvalue weighted by Crippen LogP contribution is -2.33. The first-order valence-corrected chi connectivity index (χ1v) is 9.56. The van der Waals surface area contributed by atoms with Gasteiger partial charge in [0, 0.05) is 12.4 Å². The number of hydrogen-bond acceptors (Lipinski definition) is 1. The molecule has 0 radical (unpaired) electrons. The van der Waals surface area contributed by atoms with Crippen LogP contribution in [0.3, 0.4) is 0 Å². The molecule has 0 heterocycles. The van der Waals surface area contributed by atoms with Crippen molar-refractivity contribution in [1.29, 1.82) is 0 Å². The van der Waals surface area contributed by atoms with Crippen LogP contribution in [0.4, 0.5) is 11.4 Å². The summed E-state index contributed by atoms with van der Waals surface area (Å²) in [6.07, 6.45) is 2.26. The lowest BCUT2D eigenvalue weighted by molar-refractivity contribution is 0.590. The number of aliphatic imine (C=N–C) groups is 1. The Morgan fingerprint density at radius 1 is 0.963 bits per heavy atom. The molecule has 3 heteroatoms. The molecule has 0 aromatic heterocycles. The van der Waals surface area contributed by atoms with Gasteiger partial charge in [0.1, 0.15) is 0 Å². The zero-order valence-electron chi connectivity index (χ0n) is 16.6. The molecule has 3 aromatic carbocycles. The molecule has 3 nitrogen and oxygen atoms in total. The monoisotopic (exact) mass is 357 g/mol. The zero-order valence-corrected chi connectivity index (χ0v) is 16.6. The number of hydrogen-bond donors (Lipinski definition) is 1. The molecule has 4 rings (SSSR count). The van der Waals surface area contributed by atoms with E-state index < -0.39 is 0 Å². The van der Waals surface area contributed by atoms with E-state index in [-0.39, 0.29) is 5.41 Å². The number of rotatable bonds is 2. The number of guanidine groups is 1. The fourth-order valence-corrected chi connectivity index (χ4v) is 3.90. The van der Waals surface area contributed by atoms with Gasteiger partial charge in [0.25, 0.3) is 0 Å². The van der Waals surface area contributed by atoms with Crippen molar-refractivity contribution in [2.24, 2.45) is 10.7 Å². The average molecular weight is 358 g/mol. The second-order valence-corrected chi connectivity index (χ2v) is 8.41. The summed E-state index contributed by atoms with van der Waals surface area (Å²) in [4.78, 5) is 6.69. The predicted octanol–water partition coefficient (Wildman–Crippen LogP) is 5.32. The van der Waals surface area contributed by atoms with Gasteiger partial charge in [-0.05, 0) is 58.5 Å². The summed E-state index contributed by atoms with van der Waals surface area (Å²) < 4.78 is 0. The van der Waals surface area contributed by atoms with Crippen molar-refractivity contribution in [1.82, 2.24) is 0 Å². The third-order valence-electron chi connectivity index (χ3n) is 5.51. The van der Waals surface area contributed by atoms with Crippen LogP contribution in [0.15, 0.2) is 59.6 Å². The van der Waals surface area contributed by atoms with E-state index in [0.29, 0.717) is 5.96 Å². The van der Waals surface area contributed by atoms with Crippen LogP contribution in [0.2, 0.25) is 0 Å². The van der Waals surface area contributed by atoms with Crippen LogP contribution in [0.5, 0.6) is 0 Å². The Labute approximate surface area is 161 Å². The molecule has 0 unspecified atom stereocenters. The Morgan fingerprint density at radius 3 is 2.41 bits per heavy atom. The van der Waals surface area contributed by atoms with Crippen LogP contribution in [-0.4, -0.2) is 13.0 Å². The van der Waals surface area contributed by atoms with Crippen molar-refractivity contribution in [3.8, 4) is 0 Å². The van der Waals surface area contributed by atoms with Crippen molar-refractivity contribution in [3.05, 3.63) is 71.3 Å². The predicted molar refractivity (Wildman–Crippen MR) is 116 cm³/mol. The summed E-state index contributed by atoms with van der Waals surface area (Å²) >= 11 is 0. The third-order valence-corrected chi connectivity index (χ3v) is 5.51. The summed E-state index contributed by atoms with van der Waals surface area (Å²) in [6, 6.07) is 19.3. The molecule has 0 saturated carbocycles. The third kappa shape index (κ3) is 3.18. The van der Waals surface area contributed by atoms with E-state index in [0.717, 1.165) is 24.2 Å². The zero-order chi connectivity index (χ0) is 19.2. The summed E-state index contributed by atoms with van der Waals surface area (Å²) in [5, 5.41) is 2.65. The van der Waals surface area contributed by atoms with Crippen LogP contribution in [0, 0.1) is 0 Å². The van der Waals surface area contributed by atoms with Gasteiger partial charge in [0.15, 0.2) is 0 Å². The standard InChI is InChI=1S/C24H27N3/c1-24(2,3)18-8-6-9-19(15-18)26-23(25)27(4)21-14-13-17-12-11-16-7-5-10-20(21)22(16)17/h5-10,13-15H,11-12H2,1-4H3,(H2,25,26). The van der Waals surface area contributed by atoms with Gasteiger partial charge < -0.3 is 10.6 Å². The number of benzene rings is 3. The van der Waals surface area contributed by atoms with Gasteiger partial charge in [-0.1, -0.05) is 57.2 Å². The maximum Gasteiger partial charge on any atom is 0.200 e. The Balaban J connectivity index is 1.73. The molecule has 0 atom stereocenters. The molecule has 0 spiro atoms. The highest BCUT2D eigenvalue weighted by molar-refractivity contribution is 6.07. The molecule has 3 aromatic rings. The van der Waals surface area contributed by atoms with Crippen LogP contribution >= 0.6 is 0 Å². The highest BCUT2D eigenvalue weighted by Crippen LogP contribution is 2.36. The lowest BCUT2D eigenvalue weighted by atomic mass is 9.87. The van der Waals surface area contributed by atoms with Crippen LogP contribution in [0.25, 0.3) is 10.8 Å². The maximum absolute atomic E-state index is 6.40. The van der Waals surface area contributed by atoms with E-state index in [1.165, 1.54) is 27.5 Å². The highest BCUT2D eigenvalue weighted by atomic mass is 15.2. The molecule has 2 N–H and O–H groups in total. The fourth-order valence-electron chi connectivity index (χ4n) is 3.90. The Bertz CT molecular complexity index is 1030. The minimum absolute atomic E-state index is 0.0872. The number of aryl methyl sites for hydroxylation is 2. The van der Waals surface area contributed by atoms with Gasteiger partial charge in [-0.15, -0.1) is 0 Å². The SMILES string of the molecule is CN(C(N)=Nc1cccc(C(C)(C)C)c1)c1ccc2c3c(cccc13)CC2. The normalized spacial score (nSPS) is 14.0. The van der Waals surface area contributed by atoms with Crippen molar-refractivity contribution < 1.29 is 0 Å². The Hall–Kier alpha value is -2.81. The van der Waals surface area contributed by atoms with E-state index in [1.54, 1.807) is 0 Å². The molecule has 0 saturated heterocycles. The Morgan fingerprint density at radius 2 is 1.67 bits per heavy atom. The number of nitrogens with two attached hydrogens (primary N) is 1. The van der Waals surface area contributed by atoms with Crippen molar-refractivity contribution >= 4 is 28.1 Å². The maximum atomic E-state index is 6.40. The van der Waals surface area contributed by atoms with Crippen LogP contribution in [0.1, 0.15) is 37.5 Å². The largest absolute Gasteiger partial charge is 0.369 e. The first-order chi connectivity index (χ1) is 12.8. The molecule has 0 fully saturated rings. The molecule has 0 aliphatic heterocycles. The molecule has 138 valence electrons. The van der Waals surface area contributed by atoms with Crippen LogP contribution in [-0.2, 0) is 18.3 Å². The molecular formula is C24H27N3. The fraction of sp³-hybridized carbons (Fsp3) is 0.292. The van der Waals surface area contributed by atoms with E-state index >= 15 is 0 Å². The van der Waals surface area contributed by atoms with Gasteiger partial charge in [0.05, 0.1) is 11.4 Å².